The van der Waals surface area contributed by atoms with E-state index in [0.717, 1.165) is 51.3 Å². The molecule has 0 aromatic heterocycles. The molecular weight excluding hydrogens is 338 g/mol. The number of methoxy groups -OCH3 is 1. The predicted octanol–water partition coefficient (Wildman–Crippen LogP) is 3.05. The van der Waals surface area contributed by atoms with E-state index >= 15 is 0 Å². The van der Waals surface area contributed by atoms with E-state index in [1.807, 2.05) is 36.4 Å². The fourth-order valence-electron chi connectivity index (χ4n) is 3.46. The first-order valence-corrected chi connectivity index (χ1v) is 9.29. The van der Waals surface area contributed by atoms with Crippen LogP contribution in [0.5, 0.6) is 0 Å². The number of esters is 1. The Morgan fingerprint density at radius 3 is 2.30 bits per heavy atom. The molecule has 1 fully saturated rings. The Labute approximate surface area is 160 Å². The number of hydrogen-bond donors (Lipinski definition) is 0. The highest BCUT2D eigenvalue weighted by molar-refractivity contribution is 5.89. The third-order valence-corrected chi connectivity index (χ3v) is 4.92. The molecule has 0 saturated carbocycles. The lowest BCUT2D eigenvalue weighted by molar-refractivity contribution is 0.0600. The molecule has 5 heteroatoms. The highest BCUT2D eigenvalue weighted by Gasteiger charge is 2.16. The number of carbonyl (C=O) groups excluding carboxylic acids is 1. The average Bonchev–Trinajstić information content (AvgIpc) is 2.93. The first kappa shape index (κ1) is 19.1. The van der Waals surface area contributed by atoms with Gasteiger partial charge in [0.1, 0.15) is 0 Å². The molecule has 0 unspecified atom stereocenters. The Bertz CT molecular complexity index is 811. The van der Waals surface area contributed by atoms with Gasteiger partial charge in [0.15, 0.2) is 0 Å². The van der Waals surface area contributed by atoms with E-state index in [9.17, 15) is 4.79 Å². The van der Waals surface area contributed by atoms with Crippen molar-refractivity contribution in [1.82, 2.24) is 9.80 Å². The first-order chi connectivity index (χ1) is 13.2. The van der Waals surface area contributed by atoms with E-state index in [0.29, 0.717) is 11.1 Å². The predicted molar refractivity (Wildman–Crippen MR) is 104 cm³/mol. The minimum absolute atomic E-state index is 0.290. The number of nitrogens with zero attached hydrogens (tertiary/aromatic N) is 3. The minimum Gasteiger partial charge on any atom is -0.465 e. The fraction of sp³-hybridized carbons (Fsp3) is 0.364. The van der Waals surface area contributed by atoms with Gasteiger partial charge in [0.05, 0.1) is 24.3 Å². The molecule has 5 nitrogen and oxygen atoms in total. The number of rotatable bonds is 5. The number of nitriles is 1. The van der Waals surface area contributed by atoms with Crippen molar-refractivity contribution in [3.05, 3.63) is 70.8 Å². The van der Waals surface area contributed by atoms with Crippen molar-refractivity contribution in [2.45, 2.75) is 19.5 Å². The lowest BCUT2D eigenvalue weighted by atomic mass is 10.1. The molecule has 2 aromatic carbocycles. The summed E-state index contributed by atoms with van der Waals surface area (Å²) in [5.41, 5.74) is 3.69. The summed E-state index contributed by atoms with van der Waals surface area (Å²) in [7, 11) is 1.41. The highest BCUT2D eigenvalue weighted by atomic mass is 16.5. The van der Waals surface area contributed by atoms with E-state index in [2.05, 4.69) is 21.9 Å². The molecule has 0 N–H and O–H groups in total. The molecule has 0 radical (unpaired) electrons. The van der Waals surface area contributed by atoms with Crippen LogP contribution in [0.3, 0.4) is 0 Å². The van der Waals surface area contributed by atoms with Crippen LogP contribution in [-0.2, 0) is 17.8 Å². The summed E-state index contributed by atoms with van der Waals surface area (Å²) in [6.45, 7) is 5.88. The molecular formula is C22H25N3O2. The molecule has 1 aliphatic rings. The van der Waals surface area contributed by atoms with Gasteiger partial charge in [-0.15, -0.1) is 0 Å². The van der Waals surface area contributed by atoms with Crippen LogP contribution in [0.2, 0.25) is 0 Å². The Morgan fingerprint density at radius 1 is 1.00 bits per heavy atom. The molecule has 0 bridgehead atoms. The van der Waals surface area contributed by atoms with Gasteiger partial charge in [0.2, 0.25) is 0 Å². The Balaban J connectivity index is 1.55. The molecule has 0 amide bonds. The minimum atomic E-state index is -0.290. The molecule has 140 valence electrons. The van der Waals surface area contributed by atoms with Gasteiger partial charge in [-0.2, -0.15) is 5.26 Å². The number of benzene rings is 2. The third-order valence-electron chi connectivity index (χ3n) is 4.92. The topological polar surface area (TPSA) is 56.6 Å². The SMILES string of the molecule is COC(=O)c1cccc(CN2CCCN(Cc3ccc(C#N)cc3)CC2)c1. The van der Waals surface area contributed by atoms with Crippen LogP contribution in [-0.4, -0.2) is 49.1 Å². The summed E-state index contributed by atoms with van der Waals surface area (Å²) in [6, 6.07) is 17.7. The lowest BCUT2D eigenvalue weighted by Gasteiger charge is -2.22. The standard InChI is InChI=1S/C22H25N3O2/c1-27-22(26)21-5-2-4-20(14-21)17-25-11-3-10-24(12-13-25)16-19-8-6-18(15-23)7-9-19/h2,4-9,14H,3,10-13,16-17H2,1H3. The zero-order valence-electron chi connectivity index (χ0n) is 15.7. The van der Waals surface area contributed by atoms with Crippen molar-refractivity contribution < 1.29 is 9.53 Å². The van der Waals surface area contributed by atoms with Crippen LogP contribution in [0.1, 0.15) is 33.5 Å². The molecule has 1 saturated heterocycles. The summed E-state index contributed by atoms with van der Waals surface area (Å²) >= 11 is 0. The molecule has 1 aliphatic heterocycles. The molecule has 2 aromatic rings. The fourth-order valence-corrected chi connectivity index (χ4v) is 3.46. The summed E-state index contributed by atoms with van der Waals surface area (Å²) in [5, 5.41) is 8.91. The van der Waals surface area contributed by atoms with Gasteiger partial charge in [-0.25, -0.2) is 4.79 Å². The normalized spacial score (nSPS) is 15.7. The maximum Gasteiger partial charge on any atom is 0.337 e. The molecule has 0 spiro atoms. The van der Waals surface area contributed by atoms with Gasteiger partial charge in [0.25, 0.3) is 0 Å². The molecule has 1 heterocycles. The van der Waals surface area contributed by atoms with E-state index in [1.165, 1.54) is 12.7 Å². The Hall–Kier alpha value is -2.68. The van der Waals surface area contributed by atoms with Crippen molar-refractivity contribution in [2.75, 3.05) is 33.3 Å². The number of hydrogen-bond acceptors (Lipinski definition) is 5. The molecule has 0 atom stereocenters. The molecule has 0 aliphatic carbocycles. The van der Waals surface area contributed by atoms with Crippen LogP contribution in [0.4, 0.5) is 0 Å². The largest absolute Gasteiger partial charge is 0.465 e. The summed E-state index contributed by atoms with van der Waals surface area (Å²) in [6.07, 6.45) is 1.12. The summed E-state index contributed by atoms with van der Waals surface area (Å²) in [5.74, 6) is -0.290. The monoisotopic (exact) mass is 363 g/mol. The number of ether oxygens (including phenoxy) is 1. The van der Waals surface area contributed by atoms with Crippen LogP contribution in [0.15, 0.2) is 48.5 Å². The smallest absolute Gasteiger partial charge is 0.337 e. The zero-order chi connectivity index (χ0) is 19.1. The van der Waals surface area contributed by atoms with Crippen LogP contribution >= 0.6 is 0 Å². The van der Waals surface area contributed by atoms with Crippen LogP contribution in [0.25, 0.3) is 0 Å². The van der Waals surface area contributed by atoms with Gasteiger partial charge in [-0.1, -0.05) is 24.3 Å². The van der Waals surface area contributed by atoms with Gasteiger partial charge >= 0.3 is 5.97 Å². The first-order valence-electron chi connectivity index (χ1n) is 9.29. The maximum absolute atomic E-state index is 11.7. The second kappa shape index (κ2) is 9.31. The van der Waals surface area contributed by atoms with Gasteiger partial charge < -0.3 is 4.74 Å². The third kappa shape index (κ3) is 5.40. The second-order valence-electron chi connectivity index (χ2n) is 6.91. The van der Waals surface area contributed by atoms with Gasteiger partial charge in [-0.05, 0) is 54.9 Å². The highest BCUT2D eigenvalue weighted by Crippen LogP contribution is 2.14. The maximum atomic E-state index is 11.7. The lowest BCUT2D eigenvalue weighted by Crippen LogP contribution is -2.30. The van der Waals surface area contributed by atoms with Crippen LogP contribution in [0, 0.1) is 11.3 Å². The van der Waals surface area contributed by atoms with E-state index in [-0.39, 0.29) is 5.97 Å². The Kier molecular flexibility index (Phi) is 6.59. The van der Waals surface area contributed by atoms with Crippen molar-refractivity contribution >= 4 is 5.97 Å². The number of carbonyl (C=O) groups is 1. The van der Waals surface area contributed by atoms with E-state index in [1.54, 1.807) is 6.07 Å². The quantitative estimate of drug-likeness (QED) is 0.764. The molecule has 27 heavy (non-hydrogen) atoms. The average molecular weight is 363 g/mol. The van der Waals surface area contributed by atoms with Crippen molar-refractivity contribution in [3.63, 3.8) is 0 Å². The van der Waals surface area contributed by atoms with E-state index in [4.69, 9.17) is 10.00 Å². The van der Waals surface area contributed by atoms with E-state index < -0.39 is 0 Å². The van der Waals surface area contributed by atoms with Crippen LogP contribution < -0.4 is 0 Å². The zero-order valence-corrected chi connectivity index (χ0v) is 15.7. The Morgan fingerprint density at radius 2 is 1.67 bits per heavy atom. The second-order valence-corrected chi connectivity index (χ2v) is 6.91. The van der Waals surface area contributed by atoms with Gasteiger partial charge in [0, 0.05) is 26.2 Å². The van der Waals surface area contributed by atoms with Gasteiger partial charge in [-0.3, -0.25) is 9.80 Å². The van der Waals surface area contributed by atoms with Crippen molar-refractivity contribution in [2.24, 2.45) is 0 Å². The summed E-state index contributed by atoms with van der Waals surface area (Å²) in [4.78, 5) is 16.6. The molecule has 3 rings (SSSR count). The summed E-state index contributed by atoms with van der Waals surface area (Å²) < 4.78 is 4.81. The van der Waals surface area contributed by atoms with Crippen molar-refractivity contribution in [3.8, 4) is 6.07 Å². The van der Waals surface area contributed by atoms with Crippen molar-refractivity contribution in [1.29, 1.82) is 5.26 Å².